The average molecular weight is 587 g/mol. The van der Waals surface area contributed by atoms with E-state index in [9.17, 15) is 0 Å². The second-order valence-corrected chi connectivity index (χ2v) is 17.1. The molecule has 0 amide bonds. The fourth-order valence-electron chi connectivity index (χ4n) is 5.80. The van der Waals surface area contributed by atoms with Crippen molar-refractivity contribution in [2.45, 2.75) is 21.1 Å². The van der Waals surface area contributed by atoms with Crippen LogP contribution in [-0.2, 0) is 21.3 Å². The van der Waals surface area contributed by atoms with Crippen molar-refractivity contribution in [2.75, 3.05) is 0 Å². The van der Waals surface area contributed by atoms with Crippen molar-refractivity contribution in [3.05, 3.63) is 137 Å². The van der Waals surface area contributed by atoms with E-state index < -0.39 is 21.3 Å². The van der Waals surface area contributed by atoms with Gasteiger partial charge in [-0.25, -0.2) is 0 Å². The molecule has 0 saturated carbocycles. The number of allylic oxidation sites excluding steroid dienone is 2. The largest absolute Gasteiger partial charge is 1.00 e. The molecule has 0 nitrogen and oxygen atoms in total. The molecule has 2 atom stereocenters. The van der Waals surface area contributed by atoms with E-state index in [4.69, 9.17) is 0 Å². The van der Waals surface area contributed by atoms with E-state index in [1.54, 1.807) is 3.21 Å². The second-order valence-electron chi connectivity index (χ2n) is 9.49. The van der Waals surface area contributed by atoms with Crippen LogP contribution in [-0.4, -0.2) is 3.21 Å². The van der Waals surface area contributed by atoms with Crippen molar-refractivity contribution < 1.29 is 46.1 Å². The first kappa shape index (κ1) is 26.7. The summed E-state index contributed by atoms with van der Waals surface area (Å²) in [6, 6.07) is 38.0. The normalized spacial score (nSPS) is 16.5. The van der Waals surface area contributed by atoms with Gasteiger partial charge in [0.2, 0.25) is 0 Å². The van der Waals surface area contributed by atoms with Crippen molar-refractivity contribution in [3.8, 4) is 11.1 Å². The third kappa shape index (κ3) is 4.70. The van der Waals surface area contributed by atoms with Gasteiger partial charge in [0.05, 0.1) is 0 Å². The molecule has 0 bridgehead atoms. The predicted molar refractivity (Wildman–Crippen MR) is 144 cm³/mol. The van der Waals surface area contributed by atoms with Crippen molar-refractivity contribution in [2.24, 2.45) is 0 Å². The molecule has 0 N–H and O–H groups in total. The number of hydrogen-bond donors (Lipinski definition) is 0. The molecule has 0 spiro atoms. The number of benzene rings is 4. The summed E-state index contributed by atoms with van der Waals surface area (Å²) < 4.78 is 2.76. The zero-order chi connectivity index (χ0) is 23.1. The van der Waals surface area contributed by atoms with Gasteiger partial charge in [0.1, 0.15) is 0 Å². The quantitative estimate of drug-likeness (QED) is 0.345. The first-order chi connectivity index (χ1) is 16.7. The second kappa shape index (κ2) is 11.4. The first-order valence-electron chi connectivity index (χ1n) is 12.1. The summed E-state index contributed by atoms with van der Waals surface area (Å²) in [5.74, 6) is 0. The molecule has 6 rings (SSSR count). The Balaban J connectivity index is 0.00000152. The van der Waals surface area contributed by atoms with E-state index in [2.05, 4.69) is 135 Å². The van der Waals surface area contributed by atoms with E-state index in [0.29, 0.717) is 7.25 Å². The summed E-state index contributed by atoms with van der Waals surface area (Å²) in [4.78, 5) is 0. The van der Waals surface area contributed by atoms with E-state index in [0.717, 1.165) is 0 Å². The number of rotatable bonds is 4. The summed E-state index contributed by atoms with van der Waals surface area (Å²) in [6.07, 6.45) is 7.43. The van der Waals surface area contributed by atoms with Crippen LogP contribution in [0.25, 0.3) is 28.9 Å². The Morgan fingerprint density at radius 3 is 1.94 bits per heavy atom. The topological polar surface area (TPSA) is 0 Å². The molecule has 3 heteroatoms. The molecule has 0 aliphatic heterocycles. The summed E-state index contributed by atoms with van der Waals surface area (Å²) in [7, 11) is 0. The molecular formula is C33H28Cl2Zr. The van der Waals surface area contributed by atoms with Gasteiger partial charge in [0, 0.05) is 0 Å². The molecule has 2 aliphatic rings. The van der Waals surface area contributed by atoms with Crippen LogP contribution in [0.15, 0.2) is 109 Å². The third-order valence-electron chi connectivity index (χ3n) is 7.27. The monoisotopic (exact) mass is 584 g/mol. The molecule has 36 heavy (non-hydrogen) atoms. The number of fused-ring (bicyclic) bond motifs is 2. The van der Waals surface area contributed by atoms with Crippen molar-refractivity contribution in [3.63, 3.8) is 0 Å². The predicted octanol–water partition coefficient (Wildman–Crippen LogP) is 2.56. The van der Waals surface area contributed by atoms with Crippen LogP contribution in [0.3, 0.4) is 0 Å². The molecule has 0 fully saturated rings. The molecule has 4 aromatic rings. The minimum atomic E-state index is -2.24. The van der Waals surface area contributed by atoms with Gasteiger partial charge < -0.3 is 24.8 Å². The Morgan fingerprint density at radius 2 is 1.25 bits per heavy atom. The van der Waals surface area contributed by atoms with Crippen LogP contribution < -0.4 is 24.8 Å². The van der Waals surface area contributed by atoms with Gasteiger partial charge in [0.25, 0.3) is 0 Å². The molecule has 2 aliphatic carbocycles. The Labute approximate surface area is 234 Å². The maximum atomic E-state index is 2.54. The molecule has 4 aromatic carbocycles. The van der Waals surface area contributed by atoms with Gasteiger partial charge in [-0.15, -0.1) is 0 Å². The summed E-state index contributed by atoms with van der Waals surface area (Å²) in [6.45, 7) is 4.82. The summed E-state index contributed by atoms with van der Waals surface area (Å²) in [5.41, 5.74) is 11.5. The van der Waals surface area contributed by atoms with Crippen LogP contribution in [0.2, 0.25) is 0 Å². The van der Waals surface area contributed by atoms with Crippen LogP contribution in [0.4, 0.5) is 0 Å². The fraction of sp³-hybridized carbons (Fsp3) is 0.121. The Bertz CT molecular complexity index is 1460. The Morgan fingerprint density at radius 1 is 0.639 bits per heavy atom. The standard InChI is InChI=1S/2C15H11.C3H6.2ClH.Zr/c1-2-6-12(7-3-1)14-10-4-8-13-9-5-11-15(13)14;1-2-6-12(7-3-1)15-10-13-8-4-5-9-14(13)11-15;1-3-2;;;/h2*1-11H;1-2H3;2*1H;/q;;;;;+2/p-2. The van der Waals surface area contributed by atoms with Crippen LogP contribution in [0, 0.1) is 0 Å². The Hall–Kier alpha value is -2.31. The van der Waals surface area contributed by atoms with E-state index in [-0.39, 0.29) is 24.8 Å². The first-order valence-corrected chi connectivity index (χ1v) is 16.2. The number of hydrogen-bond acceptors (Lipinski definition) is 0. The van der Waals surface area contributed by atoms with Gasteiger partial charge in [0.15, 0.2) is 0 Å². The molecular weight excluding hydrogens is 558 g/mol. The van der Waals surface area contributed by atoms with Crippen LogP contribution in [0.1, 0.15) is 48.9 Å². The molecule has 0 aromatic heterocycles. The molecule has 2 unspecified atom stereocenters. The third-order valence-corrected chi connectivity index (χ3v) is 16.1. The van der Waals surface area contributed by atoms with Gasteiger partial charge in [-0.05, 0) is 0 Å². The molecule has 0 radical (unpaired) electrons. The van der Waals surface area contributed by atoms with E-state index >= 15 is 0 Å². The van der Waals surface area contributed by atoms with Crippen molar-refractivity contribution >= 4 is 20.9 Å². The van der Waals surface area contributed by atoms with Gasteiger partial charge >= 0.3 is 211 Å². The average Bonchev–Trinajstić information content (AvgIpc) is 3.48. The SMILES string of the molecule is C[C](C)=[Zr+2]([CH]1C=Cc2c(-c3ccccc3)cccc21)[CH]1C(c2ccccc2)=Cc2ccccc21.[Cl-].[Cl-]. The van der Waals surface area contributed by atoms with Gasteiger partial charge in [-0.2, -0.15) is 0 Å². The fourth-order valence-corrected chi connectivity index (χ4v) is 14.7. The van der Waals surface area contributed by atoms with E-state index in [1.165, 1.54) is 44.5 Å². The van der Waals surface area contributed by atoms with Crippen LogP contribution >= 0.6 is 0 Å². The zero-order valence-corrected chi connectivity index (χ0v) is 24.4. The summed E-state index contributed by atoms with van der Waals surface area (Å²) in [5, 5.41) is 0. The number of halogens is 2. The van der Waals surface area contributed by atoms with Gasteiger partial charge in [-0.3, -0.25) is 0 Å². The van der Waals surface area contributed by atoms with Crippen molar-refractivity contribution in [1.82, 2.24) is 0 Å². The minimum absolute atomic E-state index is 0. The zero-order valence-electron chi connectivity index (χ0n) is 20.5. The van der Waals surface area contributed by atoms with Crippen LogP contribution in [0.5, 0.6) is 0 Å². The molecule has 0 heterocycles. The minimum Gasteiger partial charge on any atom is -1.00 e. The van der Waals surface area contributed by atoms with Crippen molar-refractivity contribution in [1.29, 1.82) is 0 Å². The van der Waals surface area contributed by atoms with Gasteiger partial charge in [-0.1, -0.05) is 0 Å². The summed E-state index contributed by atoms with van der Waals surface area (Å²) >= 11 is -2.24. The van der Waals surface area contributed by atoms with E-state index in [1.807, 2.05) is 0 Å². The molecule has 0 saturated heterocycles. The maximum absolute atomic E-state index is 2.54. The molecule has 178 valence electrons. The Kier molecular flexibility index (Phi) is 8.46. The smallest absolute Gasteiger partial charge is 1.00 e. The maximum Gasteiger partial charge on any atom is -1.00 e.